The number of amides is 1. The van der Waals surface area contributed by atoms with Gasteiger partial charge in [0.1, 0.15) is 0 Å². The summed E-state index contributed by atoms with van der Waals surface area (Å²) in [6, 6.07) is 7.86. The molecule has 0 aromatic heterocycles. The molecule has 0 radical (unpaired) electrons. The Balaban J connectivity index is 1.42. The number of benzene rings is 1. The first-order valence-corrected chi connectivity index (χ1v) is 9.24. The highest BCUT2D eigenvalue weighted by atomic mass is 127. The molecule has 4 saturated carbocycles. The van der Waals surface area contributed by atoms with Gasteiger partial charge in [-0.25, -0.2) is 0 Å². The molecule has 0 spiro atoms. The van der Waals surface area contributed by atoms with Crippen LogP contribution in [-0.4, -0.2) is 12.5 Å². The van der Waals surface area contributed by atoms with E-state index in [1.807, 2.05) is 24.3 Å². The second-order valence-electron chi connectivity index (χ2n) is 7.61. The SMILES string of the molecule is O=C(NCC12CC3CC(CC(C3)C1)C2)c1ccc(I)cc1. The zero-order chi connectivity index (χ0) is 14.4. The van der Waals surface area contributed by atoms with E-state index < -0.39 is 0 Å². The molecule has 3 heteroatoms. The van der Waals surface area contributed by atoms with Crippen molar-refractivity contribution >= 4 is 28.5 Å². The van der Waals surface area contributed by atoms with Gasteiger partial charge in [-0.15, -0.1) is 0 Å². The number of rotatable bonds is 3. The Kier molecular flexibility index (Phi) is 3.51. The van der Waals surface area contributed by atoms with Gasteiger partial charge in [0.25, 0.3) is 5.91 Å². The molecule has 0 atom stereocenters. The summed E-state index contributed by atoms with van der Waals surface area (Å²) in [6.45, 7) is 0.890. The van der Waals surface area contributed by atoms with Gasteiger partial charge in [0.15, 0.2) is 0 Å². The van der Waals surface area contributed by atoms with Crippen LogP contribution in [0.15, 0.2) is 24.3 Å². The summed E-state index contributed by atoms with van der Waals surface area (Å²) < 4.78 is 1.17. The normalized spacial score (nSPS) is 36.7. The van der Waals surface area contributed by atoms with Gasteiger partial charge in [-0.2, -0.15) is 0 Å². The third-order valence-corrected chi connectivity index (χ3v) is 6.61. The van der Waals surface area contributed by atoms with Crippen LogP contribution in [0.2, 0.25) is 0 Å². The number of hydrogen-bond donors (Lipinski definition) is 1. The maximum atomic E-state index is 12.3. The second-order valence-corrected chi connectivity index (χ2v) is 8.85. The molecule has 5 rings (SSSR count). The minimum absolute atomic E-state index is 0.0992. The topological polar surface area (TPSA) is 29.1 Å². The molecule has 1 N–H and O–H groups in total. The lowest BCUT2D eigenvalue weighted by molar-refractivity contribution is -0.0503. The molecule has 1 amide bonds. The fourth-order valence-corrected chi connectivity index (χ4v) is 5.84. The lowest BCUT2D eigenvalue weighted by Gasteiger charge is -2.56. The Bertz CT molecular complexity index is 516. The minimum Gasteiger partial charge on any atom is -0.351 e. The van der Waals surface area contributed by atoms with Crippen LogP contribution in [0.5, 0.6) is 0 Å². The first-order valence-electron chi connectivity index (χ1n) is 8.16. The number of carbonyl (C=O) groups excluding carboxylic acids is 1. The van der Waals surface area contributed by atoms with Crippen LogP contribution in [0.4, 0.5) is 0 Å². The Morgan fingerprint density at radius 1 is 1.05 bits per heavy atom. The predicted molar refractivity (Wildman–Crippen MR) is 92.1 cm³/mol. The van der Waals surface area contributed by atoms with E-state index in [4.69, 9.17) is 0 Å². The second kappa shape index (κ2) is 5.25. The fraction of sp³-hybridized carbons (Fsp3) is 0.611. The van der Waals surface area contributed by atoms with Crippen LogP contribution < -0.4 is 5.32 Å². The highest BCUT2D eigenvalue weighted by Gasteiger charge is 2.50. The summed E-state index contributed by atoms with van der Waals surface area (Å²) in [5, 5.41) is 3.23. The monoisotopic (exact) mass is 395 g/mol. The summed E-state index contributed by atoms with van der Waals surface area (Å²) in [4.78, 5) is 12.3. The molecule has 0 aliphatic heterocycles. The molecule has 4 aliphatic rings. The van der Waals surface area contributed by atoms with Gasteiger partial charge in [0.2, 0.25) is 0 Å². The molecular weight excluding hydrogens is 373 g/mol. The van der Waals surface area contributed by atoms with Crippen LogP contribution in [-0.2, 0) is 0 Å². The van der Waals surface area contributed by atoms with Gasteiger partial charge in [-0.3, -0.25) is 4.79 Å². The van der Waals surface area contributed by atoms with Gasteiger partial charge in [0, 0.05) is 15.7 Å². The Morgan fingerprint density at radius 3 is 2.10 bits per heavy atom. The standard InChI is InChI=1S/C18H22INO/c19-16-3-1-15(2-4-16)17(21)20-11-18-8-12-5-13(9-18)7-14(6-12)10-18/h1-4,12-14H,5-11H2,(H,20,21). The summed E-state index contributed by atoms with van der Waals surface area (Å²) in [5.74, 6) is 2.95. The molecule has 4 bridgehead atoms. The molecule has 1 aromatic carbocycles. The van der Waals surface area contributed by atoms with Crippen molar-refractivity contribution in [3.05, 3.63) is 33.4 Å². The zero-order valence-corrected chi connectivity index (χ0v) is 14.4. The maximum Gasteiger partial charge on any atom is 0.251 e. The third kappa shape index (κ3) is 2.73. The quantitative estimate of drug-likeness (QED) is 0.763. The summed E-state index contributed by atoms with van der Waals surface area (Å²) in [5.41, 5.74) is 1.22. The van der Waals surface area contributed by atoms with Gasteiger partial charge >= 0.3 is 0 Å². The minimum atomic E-state index is 0.0992. The van der Waals surface area contributed by atoms with Gasteiger partial charge in [0.05, 0.1) is 0 Å². The molecule has 0 unspecified atom stereocenters. The van der Waals surface area contributed by atoms with Crippen molar-refractivity contribution in [3.63, 3.8) is 0 Å². The third-order valence-electron chi connectivity index (χ3n) is 5.90. The Morgan fingerprint density at radius 2 is 1.57 bits per heavy atom. The molecule has 2 nitrogen and oxygen atoms in total. The van der Waals surface area contributed by atoms with E-state index in [0.717, 1.165) is 29.9 Å². The summed E-state index contributed by atoms with van der Waals surface area (Å²) in [6.07, 6.45) is 8.45. The molecule has 1 aromatic rings. The number of carbonyl (C=O) groups is 1. The van der Waals surface area contributed by atoms with Crippen LogP contribution in [0.1, 0.15) is 48.9 Å². The molecular formula is C18H22INO. The largest absolute Gasteiger partial charge is 0.351 e. The van der Waals surface area contributed by atoms with Crippen molar-refractivity contribution in [1.29, 1.82) is 0 Å². The lowest BCUT2D eigenvalue weighted by atomic mass is 9.49. The Hall–Kier alpha value is -0.580. The summed E-state index contributed by atoms with van der Waals surface area (Å²) in [7, 11) is 0. The molecule has 0 saturated heterocycles. The van der Waals surface area contributed by atoms with Gasteiger partial charge < -0.3 is 5.32 Å². The van der Waals surface area contributed by atoms with Gasteiger partial charge in [-0.05, 0) is 109 Å². The molecule has 4 fully saturated rings. The van der Waals surface area contributed by atoms with E-state index >= 15 is 0 Å². The van der Waals surface area contributed by atoms with Crippen molar-refractivity contribution in [3.8, 4) is 0 Å². The smallest absolute Gasteiger partial charge is 0.251 e. The van der Waals surface area contributed by atoms with Crippen molar-refractivity contribution in [2.24, 2.45) is 23.2 Å². The van der Waals surface area contributed by atoms with E-state index in [0.29, 0.717) is 5.41 Å². The van der Waals surface area contributed by atoms with Crippen LogP contribution in [0, 0.1) is 26.7 Å². The van der Waals surface area contributed by atoms with Crippen LogP contribution in [0.3, 0.4) is 0 Å². The fourth-order valence-electron chi connectivity index (χ4n) is 5.48. The zero-order valence-electron chi connectivity index (χ0n) is 12.3. The van der Waals surface area contributed by atoms with Crippen LogP contribution in [0.25, 0.3) is 0 Å². The lowest BCUT2D eigenvalue weighted by Crippen LogP contribution is -2.51. The highest BCUT2D eigenvalue weighted by Crippen LogP contribution is 2.59. The number of halogens is 1. The summed E-state index contributed by atoms with van der Waals surface area (Å²) >= 11 is 2.27. The van der Waals surface area contributed by atoms with Crippen LogP contribution >= 0.6 is 22.6 Å². The average molecular weight is 395 g/mol. The number of hydrogen-bond acceptors (Lipinski definition) is 1. The predicted octanol–water partition coefficient (Wildman–Crippen LogP) is 4.24. The molecule has 112 valence electrons. The van der Waals surface area contributed by atoms with Gasteiger partial charge in [-0.1, -0.05) is 0 Å². The van der Waals surface area contributed by atoms with E-state index in [2.05, 4.69) is 27.9 Å². The van der Waals surface area contributed by atoms with Crippen molar-refractivity contribution in [2.75, 3.05) is 6.54 Å². The molecule has 4 aliphatic carbocycles. The van der Waals surface area contributed by atoms with E-state index in [-0.39, 0.29) is 5.91 Å². The molecule has 0 heterocycles. The van der Waals surface area contributed by atoms with E-state index in [9.17, 15) is 4.79 Å². The number of nitrogens with one attached hydrogen (secondary N) is 1. The van der Waals surface area contributed by atoms with E-state index in [1.54, 1.807) is 0 Å². The first-order chi connectivity index (χ1) is 10.1. The van der Waals surface area contributed by atoms with Crippen molar-refractivity contribution in [1.82, 2.24) is 5.32 Å². The maximum absolute atomic E-state index is 12.3. The van der Waals surface area contributed by atoms with Crippen molar-refractivity contribution < 1.29 is 4.79 Å². The molecule has 21 heavy (non-hydrogen) atoms. The average Bonchev–Trinajstić information content (AvgIpc) is 2.44. The van der Waals surface area contributed by atoms with E-state index in [1.165, 1.54) is 42.1 Å². The first kappa shape index (κ1) is 14.0. The highest BCUT2D eigenvalue weighted by molar-refractivity contribution is 14.1. The van der Waals surface area contributed by atoms with Crippen molar-refractivity contribution in [2.45, 2.75) is 38.5 Å². The Labute approximate surface area is 140 Å².